The van der Waals surface area contributed by atoms with Gasteiger partial charge in [-0.05, 0) is 127 Å². The van der Waals surface area contributed by atoms with Gasteiger partial charge in [-0.15, -0.1) is 0 Å². The first-order valence-electron chi connectivity index (χ1n) is 19.7. The number of ether oxygens (including phenoxy) is 2. The molecule has 2 heterocycles. The number of hydrogen-bond acceptors (Lipinski definition) is 3. The van der Waals surface area contributed by atoms with Gasteiger partial charge in [-0.25, -0.2) is 0 Å². The monoisotopic (exact) mass is 743 g/mol. The first-order chi connectivity index (χ1) is 28.6. The lowest BCUT2D eigenvalue weighted by Gasteiger charge is -2.38. The van der Waals surface area contributed by atoms with Gasteiger partial charge in [0.2, 0.25) is 0 Å². The average Bonchev–Trinajstić information content (AvgIpc) is 3.28. The largest absolute Gasteiger partial charge is 0.453 e. The maximum absolute atomic E-state index is 7.02. The van der Waals surface area contributed by atoms with E-state index in [1.54, 1.807) is 6.08 Å². The van der Waals surface area contributed by atoms with E-state index in [1.165, 1.54) is 38.2 Å². The molecular formula is C55H37NO2. The van der Waals surface area contributed by atoms with Crippen molar-refractivity contribution >= 4 is 44.7 Å². The Kier molecular flexibility index (Phi) is 7.87. The SMILES string of the molecule is C=C/C=C\c1cccc(-c2cc3c4c(c2)Oc2cc(-c5ccccc5-c5cc6ccccc6c6ccccc56)ccc2N4c2ccc(-c4ccccc4)cc2O3)c1C. The number of fused-ring (bicyclic) bond motifs is 7. The van der Waals surface area contributed by atoms with E-state index in [9.17, 15) is 0 Å². The van der Waals surface area contributed by atoms with Crippen molar-refractivity contribution in [3.8, 4) is 67.5 Å². The second-order valence-corrected chi connectivity index (χ2v) is 14.9. The molecule has 0 amide bonds. The van der Waals surface area contributed by atoms with Crippen LogP contribution in [0.25, 0.3) is 72.1 Å². The molecule has 0 bridgehead atoms. The molecule has 0 fully saturated rings. The van der Waals surface area contributed by atoms with Crippen LogP contribution in [0.3, 0.4) is 0 Å². The van der Waals surface area contributed by atoms with Crippen LogP contribution in [0.2, 0.25) is 0 Å². The molecule has 0 saturated carbocycles. The summed E-state index contributed by atoms with van der Waals surface area (Å²) in [6, 6.07) is 62.7. The van der Waals surface area contributed by atoms with Crippen LogP contribution in [0.1, 0.15) is 11.1 Å². The van der Waals surface area contributed by atoms with Crippen LogP contribution in [0.5, 0.6) is 23.0 Å². The summed E-state index contributed by atoms with van der Waals surface area (Å²) in [5.74, 6) is 3.07. The molecule has 9 aromatic rings. The van der Waals surface area contributed by atoms with Gasteiger partial charge in [-0.1, -0.05) is 158 Å². The highest BCUT2D eigenvalue weighted by Crippen LogP contribution is 2.61. The third-order valence-corrected chi connectivity index (χ3v) is 11.6. The lowest BCUT2D eigenvalue weighted by Crippen LogP contribution is -2.20. The Balaban J connectivity index is 1.09. The highest BCUT2D eigenvalue weighted by Gasteiger charge is 2.36. The predicted octanol–water partition coefficient (Wildman–Crippen LogP) is 15.8. The quantitative estimate of drug-likeness (QED) is 0.125. The molecule has 58 heavy (non-hydrogen) atoms. The minimum Gasteiger partial charge on any atom is -0.453 e. The Morgan fingerprint density at radius 1 is 0.448 bits per heavy atom. The Labute approximate surface area is 338 Å². The van der Waals surface area contributed by atoms with Gasteiger partial charge in [0.05, 0.1) is 11.4 Å². The Bertz CT molecular complexity index is 3160. The van der Waals surface area contributed by atoms with E-state index in [2.05, 4.69) is 194 Å². The molecule has 0 saturated heterocycles. The van der Waals surface area contributed by atoms with E-state index in [0.29, 0.717) is 0 Å². The molecule has 2 aliphatic heterocycles. The highest BCUT2D eigenvalue weighted by molar-refractivity contribution is 6.15. The fourth-order valence-electron chi connectivity index (χ4n) is 8.83. The lowest BCUT2D eigenvalue weighted by atomic mass is 9.89. The first-order valence-corrected chi connectivity index (χ1v) is 19.7. The third-order valence-electron chi connectivity index (χ3n) is 11.6. The number of rotatable bonds is 6. The summed E-state index contributed by atoms with van der Waals surface area (Å²) >= 11 is 0. The summed E-state index contributed by atoms with van der Waals surface area (Å²) in [6.45, 7) is 6.04. The number of hydrogen-bond donors (Lipinski definition) is 0. The van der Waals surface area contributed by atoms with Gasteiger partial charge < -0.3 is 9.47 Å². The summed E-state index contributed by atoms with van der Waals surface area (Å²) in [5, 5.41) is 4.97. The second kappa shape index (κ2) is 13.5. The Morgan fingerprint density at radius 2 is 1.05 bits per heavy atom. The molecule has 3 heteroatoms. The molecule has 0 atom stereocenters. The Hall–Kier alpha value is -7.62. The number of allylic oxidation sites excluding steroid dienone is 2. The molecule has 0 N–H and O–H groups in total. The van der Waals surface area contributed by atoms with E-state index in [4.69, 9.17) is 9.47 Å². The van der Waals surface area contributed by atoms with Crippen LogP contribution in [-0.2, 0) is 0 Å². The maximum Gasteiger partial charge on any atom is 0.156 e. The van der Waals surface area contributed by atoms with Crippen molar-refractivity contribution in [1.82, 2.24) is 0 Å². The minimum absolute atomic E-state index is 0.746. The molecule has 0 aromatic heterocycles. The van der Waals surface area contributed by atoms with E-state index in [1.807, 2.05) is 12.1 Å². The molecule has 0 spiro atoms. The van der Waals surface area contributed by atoms with Crippen LogP contribution in [0.4, 0.5) is 17.1 Å². The van der Waals surface area contributed by atoms with Gasteiger partial charge >= 0.3 is 0 Å². The fraction of sp³-hybridized carbons (Fsp3) is 0.0182. The zero-order valence-electron chi connectivity index (χ0n) is 31.9. The molecule has 9 aromatic carbocycles. The topological polar surface area (TPSA) is 21.7 Å². The molecule has 0 radical (unpaired) electrons. The zero-order valence-corrected chi connectivity index (χ0v) is 31.9. The summed E-state index contributed by atoms with van der Waals surface area (Å²) in [4.78, 5) is 2.31. The molecular weight excluding hydrogens is 707 g/mol. The molecule has 3 nitrogen and oxygen atoms in total. The van der Waals surface area contributed by atoms with Crippen molar-refractivity contribution in [1.29, 1.82) is 0 Å². The summed E-state index contributed by atoms with van der Waals surface area (Å²) < 4.78 is 13.9. The summed E-state index contributed by atoms with van der Waals surface area (Å²) in [7, 11) is 0. The smallest absolute Gasteiger partial charge is 0.156 e. The average molecular weight is 744 g/mol. The van der Waals surface area contributed by atoms with Crippen LogP contribution in [0.15, 0.2) is 195 Å². The number of benzene rings is 9. The van der Waals surface area contributed by atoms with Gasteiger partial charge in [0, 0.05) is 0 Å². The van der Waals surface area contributed by atoms with Crippen molar-refractivity contribution < 1.29 is 9.47 Å². The number of anilines is 3. The van der Waals surface area contributed by atoms with Crippen LogP contribution < -0.4 is 14.4 Å². The van der Waals surface area contributed by atoms with E-state index < -0.39 is 0 Å². The van der Waals surface area contributed by atoms with E-state index in [-0.39, 0.29) is 0 Å². The zero-order chi connectivity index (χ0) is 38.7. The summed E-state index contributed by atoms with van der Waals surface area (Å²) in [5.41, 5.74) is 14.1. The molecule has 0 aliphatic carbocycles. The van der Waals surface area contributed by atoms with E-state index in [0.717, 1.165) is 79.0 Å². The second-order valence-electron chi connectivity index (χ2n) is 14.9. The van der Waals surface area contributed by atoms with Gasteiger partial charge in [0.1, 0.15) is 5.69 Å². The third kappa shape index (κ3) is 5.43. The van der Waals surface area contributed by atoms with Crippen molar-refractivity contribution in [2.45, 2.75) is 6.92 Å². The lowest BCUT2D eigenvalue weighted by molar-refractivity contribution is 0.446. The normalized spacial score (nSPS) is 12.5. The standard InChI is InChI=1S/C55H37NO2/c1-3-4-15-36-19-14-25-42(35(36)2)41-33-53-55-54(34-41)58-52-32-40(27-29-50(52)56(55)49-28-26-38(31-51(49)57-53)37-16-6-5-7-17-37)44-21-10-11-23-46(44)48-30-39-18-8-9-20-43(39)45-22-12-13-24-47(45)48/h3-34H,1H2,2H3/b15-4-. The van der Waals surface area contributed by atoms with Gasteiger partial charge in [-0.3, -0.25) is 4.90 Å². The molecule has 11 rings (SSSR count). The highest BCUT2D eigenvalue weighted by atomic mass is 16.5. The van der Waals surface area contributed by atoms with Crippen LogP contribution in [-0.4, -0.2) is 0 Å². The van der Waals surface area contributed by atoms with Crippen molar-refractivity contribution in [3.63, 3.8) is 0 Å². The van der Waals surface area contributed by atoms with Crippen molar-refractivity contribution in [2.75, 3.05) is 4.90 Å². The van der Waals surface area contributed by atoms with Crippen LogP contribution >= 0.6 is 0 Å². The van der Waals surface area contributed by atoms with Gasteiger partial charge in [0.15, 0.2) is 23.0 Å². The van der Waals surface area contributed by atoms with Crippen LogP contribution in [0, 0.1) is 6.92 Å². The predicted molar refractivity (Wildman–Crippen MR) is 242 cm³/mol. The molecule has 274 valence electrons. The maximum atomic E-state index is 7.02. The van der Waals surface area contributed by atoms with Crippen molar-refractivity contribution in [3.05, 3.63) is 206 Å². The summed E-state index contributed by atoms with van der Waals surface area (Å²) in [6.07, 6.45) is 5.88. The Morgan fingerprint density at radius 3 is 1.81 bits per heavy atom. The number of nitrogens with zero attached hydrogens (tertiary/aromatic N) is 1. The van der Waals surface area contributed by atoms with Crippen molar-refractivity contribution in [2.24, 2.45) is 0 Å². The minimum atomic E-state index is 0.746. The van der Waals surface area contributed by atoms with Gasteiger partial charge in [-0.2, -0.15) is 0 Å². The fourth-order valence-corrected chi connectivity index (χ4v) is 8.83. The molecule has 2 aliphatic rings. The molecule has 0 unspecified atom stereocenters. The first kappa shape index (κ1) is 33.7. The van der Waals surface area contributed by atoms with E-state index >= 15 is 0 Å². The van der Waals surface area contributed by atoms with Gasteiger partial charge in [0.25, 0.3) is 0 Å².